The molecule has 0 bridgehead atoms. The van der Waals surface area contributed by atoms with E-state index in [4.69, 9.17) is 10.00 Å². The molecule has 0 saturated heterocycles. The van der Waals surface area contributed by atoms with Crippen molar-refractivity contribution in [1.82, 2.24) is 5.32 Å². The Labute approximate surface area is 92.6 Å². The van der Waals surface area contributed by atoms with Crippen LogP contribution < -0.4 is 10.1 Å². The number of nitriles is 1. The number of benzene rings is 1. The summed E-state index contributed by atoms with van der Waals surface area (Å²) in [4.78, 5) is 11.5. The average Bonchev–Trinajstić information content (AvgIpc) is 2.28. The minimum atomic E-state index is -0.707. The minimum Gasteiger partial charge on any atom is -0.492 e. The van der Waals surface area contributed by atoms with Crippen LogP contribution in [-0.4, -0.2) is 26.5 Å². The number of likely N-dealkylation sites (N-methyl/N-ethyl adjacent to an activating group) is 1. The fraction of sp³-hybridized carbons (Fsp3) is 0.273. The third kappa shape index (κ3) is 2.35. The summed E-state index contributed by atoms with van der Waals surface area (Å²) in [6.07, 6.45) is 0. The molecule has 0 aliphatic carbocycles. The highest BCUT2D eigenvalue weighted by Gasteiger charge is 2.14. The van der Waals surface area contributed by atoms with Gasteiger partial charge in [-0.25, -0.2) is 4.39 Å². The molecule has 0 amide bonds. The van der Waals surface area contributed by atoms with Gasteiger partial charge in [-0.05, 0) is 19.2 Å². The normalized spacial score (nSPS) is 9.62. The molecule has 1 N–H and O–H groups in total. The first-order valence-electron chi connectivity index (χ1n) is 4.59. The van der Waals surface area contributed by atoms with Crippen LogP contribution in [0.3, 0.4) is 0 Å². The molecule has 0 aliphatic rings. The Morgan fingerprint density at radius 2 is 2.31 bits per heavy atom. The maximum Gasteiger partial charge on any atom is 0.176 e. The van der Waals surface area contributed by atoms with Crippen molar-refractivity contribution in [3.8, 4) is 11.8 Å². The van der Waals surface area contributed by atoms with Crippen LogP contribution in [-0.2, 0) is 0 Å². The van der Waals surface area contributed by atoms with Gasteiger partial charge in [0.25, 0.3) is 0 Å². The summed E-state index contributed by atoms with van der Waals surface area (Å²) in [6, 6.07) is 4.18. The van der Waals surface area contributed by atoms with Gasteiger partial charge in [0.2, 0.25) is 0 Å². The molecule has 1 aromatic carbocycles. The molecule has 0 radical (unpaired) electrons. The SMILES string of the molecule is CNCC(=O)c1cc(F)c(OC)c(C#N)c1. The van der Waals surface area contributed by atoms with Gasteiger partial charge in [-0.2, -0.15) is 5.26 Å². The van der Waals surface area contributed by atoms with Crippen LogP contribution in [0.5, 0.6) is 5.75 Å². The van der Waals surface area contributed by atoms with Crippen molar-refractivity contribution in [2.45, 2.75) is 0 Å². The molecule has 0 aromatic heterocycles. The standard InChI is InChI=1S/C11H11FN2O2/c1-14-6-10(15)7-3-8(5-13)11(16-2)9(12)4-7/h3-4,14H,6H2,1-2H3. The molecular formula is C11H11FN2O2. The summed E-state index contributed by atoms with van der Waals surface area (Å²) in [7, 11) is 2.89. The largest absolute Gasteiger partial charge is 0.492 e. The van der Waals surface area contributed by atoms with Crippen LogP contribution in [0.15, 0.2) is 12.1 Å². The Hall–Kier alpha value is -1.93. The van der Waals surface area contributed by atoms with Gasteiger partial charge in [-0.15, -0.1) is 0 Å². The fourth-order valence-electron chi connectivity index (χ4n) is 1.31. The molecule has 0 heterocycles. The van der Waals surface area contributed by atoms with Crippen LogP contribution in [0.25, 0.3) is 0 Å². The van der Waals surface area contributed by atoms with Gasteiger partial charge in [0.15, 0.2) is 17.3 Å². The fourth-order valence-corrected chi connectivity index (χ4v) is 1.31. The van der Waals surface area contributed by atoms with E-state index in [2.05, 4.69) is 5.32 Å². The van der Waals surface area contributed by atoms with E-state index in [1.54, 1.807) is 13.1 Å². The number of carbonyl (C=O) groups excluding carboxylic acids is 1. The van der Waals surface area contributed by atoms with Crippen molar-refractivity contribution < 1.29 is 13.9 Å². The second-order valence-corrected chi connectivity index (χ2v) is 3.10. The van der Waals surface area contributed by atoms with Crippen molar-refractivity contribution >= 4 is 5.78 Å². The number of nitrogens with zero attached hydrogens (tertiary/aromatic N) is 1. The van der Waals surface area contributed by atoms with Gasteiger partial charge in [-0.1, -0.05) is 0 Å². The molecule has 5 heteroatoms. The van der Waals surface area contributed by atoms with Crippen LogP contribution in [0.4, 0.5) is 4.39 Å². The number of hydrogen-bond donors (Lipinski definition) is 1. The lowest BCUT2D eigenvalue weighted by Gasteiger charge is -2.06. The van der Waals surface area contributed by atoms with E-state index in [0.717, 1.165) is 6.07 Å². The summed E-state index contributed by atoms with van der Waals surface area (Å²) in [5.74, 6) is -1.12. The van der Waals surface area contributed by atoms with E-state index >= 15 is 0 Å². The van der Waals surface area contributed by atoms with Gasteiger partial charge < -0.3 is 10.1 Å². The summed E-state index contributed by atoms with van der Waals surface area (Å²) in [5.41, 5.74) is 0.172. The minimum absolute atomic E-state index is 0.0157. The first-order valence-corrected chi connectivity index (χ1v) is 4.59. The molecule has 0 saturated carbocycles. The van der Waals surface area contributed by atoms with E-state index in [9.17, 15) is 9.18 Å². The number of Topliss-reactive ketones (excluding diaryl/α,β-unsaturated/α-hetero) is 1. The van der Waals surface area contributed by atoms with E-state index in [-0.39, 0.29) is 29.2 Å². The zero-order valence-electron chi connectivity index (χ0n) is 9.00. The molecule has 16 heavy (non-hydrogen) atoms. The van der Waals surface area contributed by atoms with Gasteiger partial charge in [0, 0.05) is 5.56 Å². The molecule has 1 aromatic rings. The lowest BCUT2D eigenvalue weighted by molar-refractivity contribution is 0.0993. The van der Waals surface area contributed by atoms with E-state index in [1.807, 2.05) is 0 Å². The summed E-state index contributed by atoms with van der Waals surface area (Å²) in [5, 5.41) is 11.5. The summed E-state index contributed by atoms with van der Waals surface area (Å²) in [6.45, 7) is 0.0939. The number of halogens is 1. The topological polar surface area (TPSA) is 62.1 Å². The number of rotatable bonds is 4. The Balaban J connectivity index is 3.21. The van der Waals surface area contributed by atoms with Crippen molar-refractivity contribution in [2.24, 2.45) is 0 Å². The van der Waals surface area contributed by atoms with E-state index in [1.165, 1.54) is 13.2 Å². The number of ketones is 1. The molecule has 0 unspecified atom stereocenters. The van der Waals surface area contributed by atoms with Crippen molar-refractivity contribution in [3.63, 3.8) is 0 Å². The van der Waals surface area contributed by atoms with E-state index in [0.29, 0.717) is 0 Å². The van der Waals surface area contributed by atoms with E-state index < -0.39 is 5.82 Å². The van der Waals surface area contributed by atoms with Crippen molar-refractivity contribution in [2.75, 3.05) is 20.7 Å². The molecule has 84 valence electrons. The van der Waals surface area contributed by atoms with Gasteiger partial charge in [-0.3, -0.25) is 4.79 Å². The third-order valence-corrected chi connectivity index (χ3v) is 2.03. The lowest BCUT2D eigenvalue weighted by atomic mass is 10.1. The number of nitrogens with one attached hydrogen (secondary N) is 1. The predicted octanol–water partition coefficient (Wildman–Crippen LogP) is 1.11. The second-order valence-electron chi connectivity index (χ2n) is 3.10. The lowest BCUT2D eigenvalue weighted by Crippen LogP contribution is -2.18. The van der Waals surface area contributed by atoms with Gasteiger partial charge in [0.05, 0.1) is 19.2 Å². The molecular weight excluding hydrogens is 211 g/mol. The smallest absolute Gasteiger partial charge is 0.176 e. The summed E-state index contributed by atoms with van der Waals surface area (Å²) >= 11 is 0. The number of hydrogen-bond acceptors (Lipinski definition) is 4. The molecule has 1 rings (SSSR count). The van der Waals surface area contributed by atoms with Crippen LogP contribution >= 0.6 is 0 Å². The van der Waals surface area contributed by atoms with Crippen LogP contribution in [0.1, 0.15) is 15.9 Å². The van der Waals surface area contributed by atoms with Crippen molar-refractivity contribution in [3.05, 3.63) is 29.1 Å². The Bertz CT molecular complexity index is 452. The number of carbonyl (C=O) groups is 1. The third-order valence-electron chi connectivity index (χ3n) is 2.03. The Morgan fingerprint density at radius 1 is 1.62 bits per heavy atom. The maximum atomic E-state index is 13.4. The Morgan fingerprint density at radius 3 is 2.81 bits per heavy atom. The average molecular weight is 222 g/mol. The molecule has 0 atom stereocenters. The number of ether oxygens (including phenoxy) is 1. The molecule has 0 aliphatic heterocycles. The highest BCUT2D eigenvalue weighted by Crippen LogP contribution is 2.23. The quantitative estimate of drug-likeness (QED) is 0.775. The molecule has 0 spiro atoms. The first-order chi connectivity index (χ1) is 7.63. The van der Waals surface area contributed by atoms with Crippen LogP contribution in [0, 0.1) is 17.1 Å². The second kappa shape index (κ2) is 5.24. The molecule has 0 fully saturated rings. The highest BCUT2D eigenvalue weighted by molar-refractivity contribution is 5.98. The predicted molar refractivity (Wildman–Crippen MR) is 55.9 cm³/mol. The van der Waals surface area contributed by atoms with Gasteiger partial charge in [0.1, 0.15) is 6.07 Å². The van der Waals surface area contributed by atoms with Crippen LogP contribution in [0.2, 0.25) is 0 Å². The maximum absolute atomic E-state index is 13.4. The van der Waals surface area contributed by atoms with Gasteiger partial charge >= 0.3 is 0 Å². The monoisotopic (exact) mass is 222 g/mol. The zero-order chi connectivity index (χ0) is 12.1. The Kier molecular flexibility index (Phi) is 3.97. The van der Waals surface area contributed by atoms with Crippen molar-refractivity contribution in [1.29, 1.82) is 5.26 Å². The first kappa shape index (κ1) is 12.1. The highest BCUT2D eigenvalue weighted by atomic mass is 19.1. The number of methoxy groups -OCH3 is 1. The molecule has 4 nitrogen and oxygen atoms in total. The summed E-state index contributed by atoms with van der Waals surface area (Å²) < 4.78 is 18.2. The zero-order valence-corrected chi connectivity index (χ0v) is 9.00.